The molecule has 0 aliphatic heterocycles. The highest BCUT2D eigenvalue weighted by Gasteiger charge is 2.40. The lowest BCUT2D eigenvalue weighted by Crippen LogP contribution is -2.07. The number of halogens is 1. The molecule has 6 nitrogen and oxygen atoms in total. The highest BCUT2D eigenvalue weighted by Crippen LogP contribution is 2.46. The average molecular weight is 314 g/mol. The normalized spacial score (nSPS) is 16.2. The van der Waals surface area contributed by atoms with Crippen LogP contribution in [0, 0.1) is 0 Å². The fourth-order valence-electron chi connectivity index (χ4n) is 2.75. The molecular formula is C16H19FN6. The number of hydrogen-bond donors (Lipinski definition) is 2. The second-order valence-electron chi connectivity index (χ2n) is 6.82. The molecule has 0 saturated heterocycles. The van der Waals surface area contributed by atoms with E-state index in [-0.39, 0.29) is 5.41 Å². The van der Waals surface area contributed by atoms with Crippen LogP contribution in [0.3, 0.4) is 0 Å². The van der Waals surface area contributed by atoms with Gasteiger partial charge in [0.15, 0.2) is 11.5 Å². The van der Waals surface area contributed by atoms with Gasteiger partial charge in [-0.1, -0.05) is 25.3 Å². The Morgan fingerprint density at radius 2 is 2.09 bits per heavy atom. The summed E-state index contributed by atoms with van der Waals surface area (Å²) in [6.45, 7) is 6.32. The summed E-state index contributed by atoms with van der Waals surface area (Å²) in [7, 11) is 0. The molecule has 4 rings (SSSR count). The number of nitrogens with one attached hydrogen (secondary N) is 2. The lowest BCUT2D eigenvalue weighted by Gasteiger charge is -2.07. The molecule has 3 aromatic heterocycles. The number of nitrogens with zero attached hydrogens (tertiary/aromatic N) is 4. The molecule has 1 aliphatic rings. The maximum Gasteiger partial charge on any atom is 0.184 e. The predicted molar refractivity (Wildman–Crippen MR) is 86.3 cm³/mol. The molecule has 0 radical (unpaired) electrons. The molecule has 1 saturated carbocycles. The summed E-state index contributed by atoms with van der Waals surface area (Å²) in [5, 5.41) is 7.22. The summed E-state index contributed by atoms with van der Waals surface area (Å²) in [4.78, 5) is 9.12. The SMILES string of the molecule is CC(C)c1cc(-c2nc3nc(C4(C)CC4)ccc3n2NF)n[nH]1. The highest BCUT2D eigenvalue weighted by atomic mass is 19.2. The Bertz CT molecular complexity index is 874. The zero-order chi connectivity index (χ0) is 16.2. The van der Waals surface area contributed by atoms with E-state index in [0.29, 0.717) is 28.6 Å². The molecule has 0 unspecified atom stereocenters. The van der Waals surface area contributed by atoms with Gasteiger partial charge in [0, 0.05) is 16.8 Å². The molecule has 23 heavy (non-hydrogen) atoms. The van der Waals surface area contributed by atoms with Crippen LogP contribution in [-0.2, 0) is 5.41 Å². The minimum atomic E-state index is 0.151. The highest BCUT2D eigenvalue weighted by molar-refractivity contribution is 5.77. The molecule has 120 valence electrons. The molecule has 3 heterocycles. The molecule has 0 atom stereocenters. The van der Waals surface area contributed by atoms with Crippen molar-refractivity contribution in [2.75, 3.05) is 5.65 Å². The third kappa shape index (κ3) is 2.18. The van der Waals surface area contributed by atoms with Crippen LogP contribution in [0.5, 0.6) is 0 Å². The van der Waals surface area contributed by atoms with Gasteiger partial charge in [0.05, 0.1) is 0 Å². The number of aromatic amines is 1. The van der Waals surface area contributed by atoms with Gasteiger partial charge in [0.2, 0.25) is 0 Å². The summed E-state index contributed by atoms with van der Waals surface area (Å²) in [5.41, 5.74) is 5.57. The average Bonchev–Trinajstić information content (AvgIpc) is 3.01. The molecule has 0 spiro atoms. The number of pyridine rings is 1. The summed E-state index contributed by atoms with van der Waals surface area (Å²) < 4.78 is 14.6. The standard InChI is InChI=1S/C16H19FN6/c1-9(2)10-8-11(21-20-10)15-19-14-12(23(15)22-17)4-5-13(18-14)16(3)6-7-16/h4-5,8-9,22H,6-7H2,1-3H3,(H,20,21). The van der Waals surface area contributed by atoms with Crippen molar-refractivity contribution in [1.29, 1.82) is 0 Å². The van der Waals surface area contributed by atoms with E-state index in [1.54, 1.807) is 5.65 Å². The van der Waals surface area contributed by atoms with E-state index in [1.807, 2.05) is 18.2 Å². The summed E-state index contributed by atoms with van der Waals surface area (Å²) in [5.74, 6) is 0.725. The van der Waals surface area contributed by atoms with Crippen LogP contribution < -0.4 is 5.65 Å². The van der Waals surface area contributed by atoms with Gasteiger partial charge < -0.3 is 0 Å². The number of H-pyrrole nitrogens is 1. The minimum Gasteiger partial charge on any atom is -0.282 e. The van der Waals surface area contributed by atoms with Crippen LogP contribution in [0.1, 0.15) is 50.9 Å². The Kier molecular flexibility index (Phi) is 2.94. The van der Waals surface area contributed by atoms with Gasteiger partial charge in [0.25, 0.3) is 0 Å². The Morgan fingerprint density at radius 1 is 1.30 bits per heavy atom. The van der Waals surface area contributed by atoms with Crippen LogP contribution in [0.25, 0.3) is 22.7 Å². The molecule has 1 aliphatic carbocycles. The fourth-order valence-corrected chi connectivity index (χ4v) is 2.75. The van der Waals surface area contributed by atoms with Crippen molar-refractivity contribution in [3.05, 3.63) is 29.6 Å². The first-order chi connectivity index (χ1) is 11.0. The van der Waals surface area contributed by atoms with Crippen LogP contribution in [-0.4, -0.2) is 24.8 Å². The van der Waals surface area contributed by atoms with Crippen molar-refractivity contribution in [3.63, 3.8) is 0 Å². The topological polar surface area (TPSA) is 71.4 Å². The van der Waals surface area contributed by atoms with Crippen molar-refractivity contribution < 1.29 is 4.48 Å². The van der Waals surface area contributed by atoms with E-state index in [0.717, 1.165) is 24.2 Å². The Hall–Kier alpha value is -2.44. The molecule has 2 N–H and O–H groups in total. The minimum absolute atomic E-state index is 0.151. The van der Waals surface area contributed by atoms with Gasteiger partial charge in [-0.3, -0.25) is 5.10 Å². The van der Waals surface area contributed by atoms with Crippen molar-refractivity contribution in [3.8, 4) is 11.5 Å². The van der Waals surface area contributed by atoms with E-state index < -0.39 is 0 Å². The molecule has 0 amide bonds. The number of fused-ring (bicyclic) bond motifs is 1. The zero-order valence-corrected chi connectivity index (χ0v) is 13.4. The van der Waals surface area contributed by atoms with Crippen LogP contribution in [0.15, 0.2) is 18.2 Å². The predicted octanol–water partition coefficient (Wildman–Crippen LogP) is 3.42. The van der Waals surface area contributed by atoms with Crippen molar-refractivity contribution in [2.45, 2.75) is 44.9 Å². The van der Waals surface area contributed by atoms with Gasteiger partial charge in [-0.2, -0.15) is 10.7 Å². The summed E-state index contributed by atoms with van der Waals surface area (Å²) in [6.07, 6.45) is 2.27. The van der Waals surface area contributed by atoms with Crippen LogP contribution in [0.2, 0.25) is 0 Å². The van der Waals surface area contributed by atoms with Crippen molar-refractivity contribution >= 4 is 11.2 Å². The van der Waals surface area contributed by atoms with Crippen LogP contribution >= 0.6 is 0 Å². The quantitative estimate of drug-likeness (QED) is 0.724. The first kappa shape index (κ1) is 14.2. The van der Waals surface area contributed by atoms with E-state index in [2.05, 4.69) is 40.9 Å². The number of aromatic nitrogens is 5. The van der Waals surface area contributed by atoms with Gasteiger partial charge in [-0.15, -0.1) is 0 Å². The molecule has 0 bridgehead atoms. The number of imidazole rings is 1. The summed E-state index contributed by atoms with van der Waals surface area (Å²) >= 11 is 0. The lowest BCUT2D eigenvalue weighted by atomic mass is 10.1. The fraction of sp³-hybridized carbons (Fsp3) is 0.438. The van der Waals surface area contributed by atoms with E-state index in [4.69, 9.17) is 0 Å². The molecule has 7 heteroatoms. The van der Waals surface area contributed by atoms with Gasteiger partial charge in [-0.25, -0.2) is 14.6 Å². The van der Waals surface area contributed by atoms with Gasteiger partial charge in [-0.05, 0) is 37.0 Å². The van der Waals surface area contributed by atoms with Gasteiger partial charge in [0.1, 0.15) is 11.2 Å². The lowest BCUT2D eigenvalue weighted by molar-refractivity contribution is 0.514. The zero-order valence-electron chi connectivity index (χ0n) is 13.4. The number of rotatable bonds is 4. The van der Waals surface area contributed by atoms with E-state index in [9.17, 15) is 4.48 Å². The third-order valence-corrected chi connectivity index (χ3v) is 4.67. The molecule has 0 aromatic carbocycles. The van der Waals surface area contributed by atoms with Crippen molar-refractivity contribution in [1.82, 2.24) is 24.8 Å². The Labute approximate surface area is 133 Å². The maximum atomic E-state index is 13.4. The maximum absolute atomic E-state index is 13.4. The largest absolute Gasteiger partial charge is 0.282 e. The second-order valence-corrected chi connectivity index (χ2v) is 6.82. The first-order valence-corrected chi connectivity index (χ1v) is 7.84. The Balaban J connectivity index is 1.85. The van der Waals surface area contributed by atoms with Gasteiger partial charge >= 0.3 is 0 Å². The smallest absolute Gasteiger partial charge is 0.184 e. The summed E-state index contributed by atoms with van der Waals surface area (Å²) in [6, 6.07) is 5.71. The van der Waals surface area contributed by atoms with E-state index >= 15 is 0 Å². The Morgan fingerprint density at radius 3 is 2.70 bits per heavy atom. The second kappa shape index (κ2) is 4.78. The molecule has 1 fully saturated rings. The van der Waals surface area contributed by atoms with E-state index in [1.165, 1.54) is 4.68 Å². The first-order valence-electron chi connectivity index (χ1n) is 7.84. The number of hydrogen-bond acceptors (Lipinski definition) is 4. The molecular weight excluding hydrogens is 295 g/mol. The van der Waals surface area contributed by atoms with Crippen LogP contribution in [0.4, 0.5) is 4.48 Å². The molecule has 3 aromatic rings. The monoisotopic (exact) mass is 314 g/mol. The van der Waals surface area contributed by atoms with Crippen molar-refractivity contribution in [2.24, 2.45) is 0 Å². The third-order valence-electron chi connectivity index (χ3n) is 4.67.